The van der Waals surface area contributed by atoms with E-state index < -0.39 is 10.0 Å². The van der Waals surface area contributed by atoms with Crippen LogP contribution in [0.4, 0.5) is 4.39 Å². The summed E-state index contributed by atoms with van der Waals surface area (Å²) in [6, 6.07) is 24.9. The number of hydrogen-bond acceptors (Lipinski definition) is 6. The number of benzene rings is 3. The molecule has 0 amide bonds. The van der Waals surface area contributed by atoms with Crippen LogP contribution >= 0.6 is 36.2 Å². The molecule has 41 heavy (non-hydrogen) atoms. The van der Waals surface area contributed by atoms with E-state index in [1.54, 1.807) is 37.5 Å². The summed E-state index contributed by atoms with van der Waals surface area (Å²) >= 11 is 1.18. The van der Waals surface area contributed by atoms with Crippen LogP contribution in [0.15, 0.2) is 102 Å². The molecule has 0 radical (unpaired) electrons. The normalized spacial score (nSPS) is 11.3. The van der Waals surface area contributed by atoms with E-state index in [4.69, 9.17) is 0 Å². The zero-order chi connectivity index (χ0) is 27.0. The zero-order valence-corrected chi connectivity index (χ0v) is 24.8. The number of fused-ring (bicyclic) bond motifs is 1. The Kier molecular flexibility index (Phi) is 9.21. The van der Waals surface area contributed by atoms with Gasteiger partial charge in [0.05, 0.1) is 28.0 Å². The molecule has 6 rings (SSSR count). The molecule has 0 fully saturated rings. The van der Waals surface area contributed by atoms with Crippen molar-refractivity contribution in [3.63, 3.8) is 0 Å². The van der Waals surface area contributed by atoms with Gasteiger partial charge in [-0.2, -0.15) is 9.40 Å². The van der Waals surface area contributed by atoms with Gasteiger partial charge < -0.3 is 0 Å². The Morgan fingerprint density at radius 1 is 0.902 bits per heavy atom. The Hall–Kier alpha value is -3.67. The van der Waals surface area contributed by atoms with Crippen molar-refractivity contribution in [3.05, 3.63) is 109 Å². The molecule has 12 heteroatoms. The summed E-state index contributed by atoms with van der Waals surface area (Å²) in [7, 11) is -2.11. The first-order valence-electron chi connectivity index (χ1n) is 12.0. The van der Waals surface area contributed by atoms with Crippen LogP contribution in [0.25, 0.3) is 43.9 Å². The first-order valence-corrected chi connectivity index (χ1v) is 14.3. The van der Waals surface area contributed by atoms with Crippen molar-refractivity contribution in [1.82, 2.24) is 24.5 Å². The number of hydrogen-bond donors (Lipinski definition) is 1. The molecule has 0 bridgehead atoms. The maximum absolute atomic E-state index is 13.5. The average molecular weight is 629 g/mol. The lowest BCUT2D eigenvalue weighted by molar-refractivity contribution is 0.468. The molecule has 0 aliphatic heterocycles. The minimum atomic E-state index is -3.69. The average Bonchev–Trinajstić information content (AvgIpc) is 3.64. The lowest BCUT2D eigenvalue weighted by Gasteiger charge is -2.16. The maximum Gasteiger partial charge on any atom is 0.252 e. The highest BCUT2D eigenvalue weighted by Gasteiger charge is 2.24. The van der Waals surface area contributed by atoms with Crippen molar-refractivity contribution in [2.24, 2.45) is 0 Å². The molecule has 0 saturated carbocycles. The molecule has 0 aliphatic carbocycles. The number of aromatic amines is 1. The number of nitrogens with zero attached hydrogens (tertiary/aromatic N) is 4. The van der Waals surface area contributed by atoms with Crippen molar-refractivity contribution >= 4 is 57.1 Å². The summed E-state index contributed by atoms with van der Waals surface area (Å²) in [5.41, 5.74) is 5.57. The van der Waals surface area contributed by atoms with Crippen LogP contribution in [0.3, 0.4) is 0 Å². The van der Waals surface area contributed by atoms with E-state index in [1.807, 2.05) is 48.5 Å². The predicted octanol–water partition coefficient (Wildman–Crippen LogP) is 7.22. The minimum absolute atomic E-state index is 0. The summed E-state index contributed by atoms with van der Waals surface area (Å²) in [6.45, 7) is 0.275. The van der Waals surface area contributed by atoms with Crippen LogP contribution in [0.1, 0.15) is 5.56 Å². The van der Waals surface area contributed by atoms with Crippen LogP contribution < -0.4 is 0 Å². The highest BCUT2D eigenvalue weighted by Crippen LogP contribution is 2.37. The Morgan fingerprint density at radius 2 is 1.63 bits per heavy atom. The largest absolute Gasteiger partial charge is 0.277 e. The van der Waals surface area contributed by atoms with Gasteiger partial charge in [0.1, 0.15) is 16.4 Å². The Balaban J connectivity index is 0.00000194. The molecule has 6 aromatic rings. The number of halogens is 3. The van der Waals surface area contributed by atoms with Gasteiger partial charge in [0, 0.05) is 30.1 Å². The molecule has 7 nitrogen and oxygen atoms in total. The van der Waals surface area contributed by atoms with Crippen molar-refractivity contribution < 1.29 is 12.8 Å². The topological polar surface area (TPSA) is 91.8 Å². The van der Waals surface area contributed by atoms with Crippen LogP contribution in [0.2, 0.25) is 0 Å². The Bertz CT molecular complexity index is 1900. The van der Waals surface area contributed by atoms with Crippen LogP contribution in [0.5, 0.6) is 0 Å². The third kappa shape index (κ3) is 6.02. The fourth-order valence-electron chi connectivity index (χ4n) is 4.43. The molecule has 0 saturated heterocycles. The molecular weight excluding hydrogens is 604 g/mol. The maximum atomic E-state index is 13.5. The summed E-state index contributed by atoms with van der Waals surface area (Å²) in [5.74, 6) is -0.309. The predicted molar refractivity (Wildman–Crippen MR) is 165 cm³/mol. The van der Waals surface area contributed by atoms with E-state index in [-0.39, 0.29) is 41.4 Å². The molecule has 1 N–H and O–H groups in total. The summed E-state index contributed by atoms with van der Waals surface area (Å²) in [5, 5.41) is 8.01. The van der Waals surface area contributed by atoms with Gasteiger partial charge in [-0.05, 0) is 59.7 Å². The van der Waals surface area contributed by atoms with Gasteiger partial charge in [-0.1, -0.05) is 36.4 Å². The Morgan fingerprint density at radius 3 is 2.39 bits per heavy atom. The molecular formula is C29H24Cl2FN5O2S2. The number of rotatable bonds is 7. The van der Waals surface area contributed by atoms with E-state index >= 15 is 0 Å². The van der Waals surface area contributed by atoms with Crippen LogP contribution in [0, 0.1) is 5.82 Å². The number of thiophene rings is 1. The fraction of sp³-hybridized carbons (Fsp3) is 0.0690. The van der Waals surface area contributed by atoms with Gasteiger partial charge in [0.2, 0.25) is 0 Å². The van der Waals surface area contributed by atoms with Crippen LogP contribution in [-0.2, 0) is 16.6 Å². The molecule has 210 valence electrons. The molecule has 0 atom stereocenters. The first-order chi connectivity index (χ1) is 18.9. The molecule has 3 heterocycles. The monoisotopic (exact) mass is 627 g/mol. The van der Waals surface area contributed by atoms with Crippen LogP contribution in [-0.4, -0.2) is 39.9 Å². The third-order valence-electron chi connectivity index (χ3n) is 6.45. The van der Waals surface area contributed by atoms with Crippen molar-refractivity contribution in [2.75, 3.05) is 7.05 Å². The van der Waals surface area contributed by atoms with Crippen molar-refractivity contribution in [2.45, 2.75) is 10.8 Å². The summed E-state index contributed by atoms with van der Waals surface area (Å²) in [4.78, 5) is 9.66. The number of H-pyrrole nitrogens is 1. The van der Waals surface area contributed by atoms with Crippen molar-refractivity contribution in [1.29, 1.82) is 0 Å². The van der Waals surface area contributed by atoms with Gasteiger partial charge in [0.15, 0.2) is 0 Å². The fourth-order valence-corrected chi connectivity index (χ4v) is 7.11. The SMILES string of the molecule is CN(Cc1ccccc1)S(=O)(=O)c1ccc(-c2ncnc3ccc(-c4cn[nH]c4-c4ccc(F)cc4)cc23)s1.Cl.Cl. The molecule has 0 spiro atoms. The summed E-state index contributed by atoms with van der Waals surface area (Å²) in [6.07, 6.45) is 3.20. The van der Waals surface area contributed by atoms with Crippen molar-refractivity contribution in [3.8, 4) is 33.0 Å². The van der Waals surface area contributed by atoms with Gasteiger partial charge in [-0.15, -0.1) is 36.2 Å². The van der Waals surface area contributed by atoms with Gasteiger partial charge in [-0.25, -0.2) is 22.8 Å². The standard InChI is InChI=1S/C29H22FN5O2S2.2ClH/c1-35(17-19-5-3-2-4-6-19)39(36,37)27-14-13-26(38-27)29-23-15-21(9-12-25(23)31-18-32-29)24-16-33-34-28(24)20-7-10-22(30)11-8-20;;/h2-16,18H,17H2,1H3,(H,33,34);2*1H. The second kappa shape index (κ2) is 12.5. The van der Waals surface area contributed by atoms with E-state index in [1.165, 1.54) is 34.1 Å². The van der Waals surface area contributed by atoms with Gasteiger partial charge in [-0.3, -0.25) is 5.10 Å². The third-order valence-corrected chi connectivity index (χ3v) is 9.81. The molecule has 3 aromatic heterocycles. The van der Waals surface area contributed by atoms with E-state index in [0.717, 1.165) is 43.7 Å². The highest BCUT2D eigenvalue weighted by molar-refractivity contribution is 7.91. The van der Waals surface area contributed by atoms with E-state index in [2.05, 4.69) is 20.2 Å². The molecule has 0 unspecified atom stereocenters. The number of aromatic nitrogens is 4. The van der Waals surface area contributed by atoms with Gasteiger partial charge in [0.25, 0.3) is 10.0 Å². The first kappa shape index (κ1) is 30.3. The number of sulfonamides is 1. The Labute approximate surface area is 253 Å². The van der Waals surface area contributed by atoms with E-state index in [0.29, 0.717) is 5.69 Å². The highest BCUT2D eigenvalue weighted by atomic mass is 35.5. The van der Waals surface area contributed by atoms with Gasteiger partial charge >= 0.3 is 0 Å². The molecule has 0 aliphatic rings. The quantitative estimate of drug-likeness (QED) is 0.202. The number of nitrogens with one attached hydrogen (secondary N) is 1. The zero-order valence-electron chi connectivity index (χ0n) is 21.6. The lowest BCUT2D eigenvalue weighted by atomic mass is 9.99. The smallest absolute Gasteiger partial charge is 0.252 e. The summed E-state index contributed by atoms with van der Waals surface area (Å²) < 4.78 is 41.7. The second-order valence-electron chi connectivity index (χ2n) is 8.99. The second-order valence-corrected chi connectivity index (χ2v) is 12.3. The molecule has 3 aromatic carbocycles. The van der Waals surface area contributed by atoms with E-state index in [9.17, 15) is 12.8 Å². The minimum Gasteiger partial charge on any atom is -0.277 e. The lowest BCUT2D eigenvalue weighted by Crippen LogP contribution is -2.25.